The molecule has 0 bridgehead atoms. The molecule has 1 saturated carbocycles. The lowest BCUT2D eigenvalue weighted by molar-refractivity contribution is -0.130. The van der Waals surface area contributed by atoms with Crippen molar-refractivity contribution in [2.24, 2.45) is 17.6 Å². The Morgan fingerprint density at radius 1 is 1.12 bits per heavy atom. The van der Waals surface area contributed by atoms with Crippen LogP contribution in [0.1, 0.15) is 25.7 Å². The van der Waals surface area contributed by atoms with Gasteiger partial charge in [-0.15, -0.1) is 12.4 Å². The van der Waals surface area contributed by atoms with Gasteiger partial charge in [0.2, 0.25) is 5.91 Å². The lowest BCUT2D eigenvalue weighted by Gasteiger charge is -2.19. The zero-order valence-electron chi connectivity index (χ0n) is 15.0. The molecule has 0 radical (unpaired) electrons. The van der Waals surface area contributed by atoms with Crippen molar-refractivity contribution < 1.29 is 9.53 Å². The molecule has 0 aromatic heterocycles. The maximum Gasteiger partial charge on any atom is 0.222 e. The second kappa shape index (κ2) is 8.28. The average Bonchev–Trinajstić information content (AvgIpc) is 3.21. The molecule has 4 nitrogen and oxygen atoms in total. The maximum absolute atomic E-state index is 12.4. The van der Waals surface area contributed by atoms with Gasteiger partial charge in [0, 0.05) is 30.9 Å². The van der Waals surface area contributed by atoms with Gasteiger partial charge in [-0.2, -0.15) is 0 Å². The predicted octanol–water partition coefficient (Wildman–Crippen LogP) is 3.62. The summed E-state index contributed by atoms with van der Waals surface area (Å²) < 4.78 is 5.93. The number of halogens is 1. The minimum absolute atomic E-state index is 0. The number of benzene rings is 2. The summed E-state index contributed by atoms with van der Waals surface area (Å²) in [5.41, 5.74) is 6.16. The van der Waals surface area contributed by atoms with E-state index in [1.54, 1.807) is 0 Å². The maximum atomic E-state index is 12.4. The monoisotopic (exact) mass is 374 g/mol. The molecule has 4 rings (SSSR count). The van der Waals surface area contributed by atoms with Gasteiger partial charge in [-0.3, -0.25) is 4.79 Å². The van der Waals surface area contributed by atoms with Crippen molar-refractivity contribution in [3.05, 3.63) is 42.5 Å². The summed E-state index contributed by atoms with van der Waals surface area (Å²) in [6.07, 6.45) is 3.61. The summed E-state index contributed by atoms with van der Waals surface area (Å²) in [6.45, 7) is 2.33. The molecular formula is C21H27ClN2O2. The van der Waals surface area contributed by atoms with Crippen LogP contribution in [-0.2, 0) is 4.79 Å². The van der Waals surface area contributed by atoms with Gasteiger partial charge in [-0.05, 0) is 42.6 Å². The lowest BCUT2D eigenvalue weighted by atomic mass is 9.98. The molecule has 1 amide bonds. The van der Waals surface area contributed by atoms with E-state index in [0.29, 0.717) is 24.9 Å². The third kappa shape index (κ3) is 3.81. The highest BCUT2D eigenvalue weighted by molar-refractivity contribution is 5.88. The Bertz CT molecular complexity index is 761. The largest absolute Gasteiger partial charge is 0.493 e. The number of carbonyl (C=O) groups excluding carboxylic acids is 1. The number of hydrogen-bond acceptors (Lipinski definition) is 3. The van der Waals surface area contributed by atoms with Crippen LogP contribution in [0.4, 0.5) is 0 Å². The summed E-state index contributed by atoms with van der Waals surface area (Å²) >= 11 is 0. The molecule has 140 valence electrons. The summed E-state index contributed by atoms with van der Waals surface area (Å²) in [6, 6.07) is 14.6. The van der Waals surface area contributed by atoms with Gasteiger partial charge in [0.1, 0.15) is 5.75 Å². The molecule has 26 heavy (non-hydrogen) atoms. The summed E-state index contributed by atoms with van der Waals surface area (Å²) in [5, 5.41) is 2.30. The van der Waals surface area contributed by atoms with Crippen molar-refractivity contribution in [3.63, 3.8) is 0 Å². The molecule has 2 aliphatic rings. The van der Waals surface area contributed by atoms with E-state index in [0.717, 1.165) is 37.1 Å². The van der Waals surface area contributed by atoms with Crippen molar-refractivity contribution in [3.8, 4) is 5.75 Å². The second-order valence-corrected chi connectivity index (χ2v) is 7.39. The van der Waals surface area contributed by atoms with E-state index in [9.17, 15) is 4.79 Å². The van der Waals surface area contributed by atoms with E-state index in [1.807, 2.05) is 29.2 Å². The molecule has 1 aliphatic heterocycles. The minimum Gasteiger partial charge on any atom is -0.493 e. The quantitative estimate of drug-likeness (QED) is 0.813. The molecule has 0 spiro atoms. The van der Waals surface area contributed by atoms with Crippen molar-refractivity contribution in [2.45, 2.75) is 31.7 Å². The number of carbonyl (C=O) groups is 1. The van der Waals surface area contributed by atoms with Crippen LogP contribution in [0, 0.1) is 11.8 Å². The predicted molar refractivity (Wildman–Crippen MR) is 107 cm³/mol. The zero-order valence-corrected chi connectivity index (χ0v) is 15.8. The zero-order chi connectivity index (χ0) is 17.2. The van der Waals surface area contributed by atoms with E-state index in [1.165, 1.54) is 11.8 Å². The summed E-state index contributed by atoms with van der Waals surface area (Å²) in [4.78, 5) is 14.5. The first-order valence-electron chi connectivity index (χ1n) is 9.36. The number of nitrogens with two attached hydrogens (primary N) is 1. The summed E-state index contributed by atoms with van der Waals surface area (Å²) in [5.74, 6) is 2.30. The SMILES string of the molecule is Cl.NC1CCC2CN(C(=O)CCCOc3cccc4ccccc34)CC12. The standard InChI is InChI=1S/C21H26N2O2.ClH/c22-19-11-10-16-13-23(14-18(16)19)21(24)9-4-12-25-20-8-3-6-15-5-1-2-7-17(15)20;/h1-3,5-8,16,18-19H,4,9-14,22H2;1H. The normalized spacial score (nSPS) is 24.3. The van der Waals surface area contributed by atoms with Crippen LogP contribution in [-0.4, -0.2) is 36.5 Å². The summed E-state index contributed by atoms with van der Waals surface area (Å²) in [7, 11) is 0. The fourth-order valence-electron chi connectivity index (χ4n) is 4.40. The Morgan fingerprint density at radius 3 is 2.77 bits per heavy atom. The highest BCUT2D eigenvalue weighted by atomic mass is 35.5. The van der Waals surface area contributed by atoms with Crippen LogP contribution in [0.3, 0.4) is 0 Å². The Kier molecular flexibility index (Phi) is 6.05. The highest BCUT2D eigenvalue weighted by Crippen LogP contribution is 2.37. The molecule has 2 aromatic carbocycles. The second-order valence-electron chi connectivity index (χ2n) is 7.39. The van der Waals surface area contributed by atoms with E-state index in [2.05, 4.69) is 18.2 Å². The van der Waals surface area contributed by atoms with Gasteiger partial charge in [0.05, 0.1) is 6.61 Å². The number of amides is 1. The Hall–Kier alpha value is -1.78. The first-order chi connectivity index (χ1) is 12.2. The minimum atomic E-state index is 0. The van der Waals surface area contributed by atoms with E-state index < -0.39 is 0 Å². The molecule has 2 N–H and O–H groups in total. The first-order valence-corrected chi connectivity index (χ1v) is 9.36. The van der Waals surface area contributed by atoms with Gasteiger partial charge in [0.15, 0.2) is 0 Å². The number of fused-ring (bicyclic) bond motifs is 2. The van der Waals surface area contributed by atoms with Crippen LogP contribution in [0.2, 0.25) is 0 Å². The van der Waals surface area contributed by atoms with E-state index >= 15 is 0 Å². The molecule has 3 unspecified atom stereocenters. The molecule has 1 saturated heterocycles. The smallest absolute Gasteiger partial charge is 0.222 e. The topological polar surface area (TPSA) is 55.6 Å². The highest BCUT2D eigenvalue weighted by Gasteiger charge is 2.42. The van der Waals surface area contributed by atoms with Crippen LogP contribution < -0.4 is 10.5 Å². The molecular weight excluding hydrogens is 348 g/mol. The third-order valence-corrected chi connectivity index (χ3v) is 5.81. The van der Waals surface area contributed by atoms with Gasteiger partial charge < -0.3 is 15.4 Å². The van der Waals surface area contributed by atoms with Crippen LogP contribution in [0.25, 0.3) is 10.8 Å². The molecule has 2 fully saturated rings. The van der Waals surface area contributed by atoms with Crippen molar-refractivity contribution in [2.75, 3.05) is 19.7 Å². The number of nitrogens with zero attached hydrogens (tertiary/aromatic N) is 1. The lowest BCUT2D eigenvalue weighted by Crippen LogP contribution is -2.33. The molecule has 1 aliphatic carbocycles. The fourth-order valence-corrected chi connectivity index (χ4v) is 4.40. The van der Waals surface area contributed by atoms with Crippen molar-refractivity contribution in [1.29, 1.82) is 0 Å². The number of hydrogen-bond donors (Lipinski definition) is 1. The van der Waals surface area contributed by atoms with Gasteiger partial charge >= 0.3 is 0 Å². The number of ether oxygens (including phenoxy) is 1. The van der Waals surface area contributed by atoms with E-state index in [-0.39, 0.29) is 24.4 Å². The van der Waals surface area contributed by atoms with Crippen molar-refractivity contribution in [1.82, 2.24) is 4.90 Å². The van der Waals surface area contributed by atoms with Gasteiger partial charge in [-0.25, -0.2) is 0 Å². The molecule has 3 atom stereocenters. The van der Waals surface area contributed by atoms with E-state index in [4.69, 9.17) is 10.5 Å². The van der Waals surface area contributed by atoms with Crippen LogP contribution >= 0.6 is 12.4 Å². The average molecular weight is 375 g/mol. The molecule has 5 heteroatoms. The van der Waals surface area contributed by atoms with Gasteiger partial charge in [0.25, 0.3) is 0 Å². The van der Waals surface area contributed by atoms with Crippen LogP contribution in [0.15, 0.2) is 42.5 Å². The van der Waals surface area contributed by atoms with Crippen LogP contribution in [0.5, 0.6) is 5.75 Å². The first kappa shape index (κ1) is 19.0. The Labute approximate surface area is 161 Å². The molecule has 1 heterocycles. The Morgan fingerprint density at radius 2 is 1.92 bits per heavy atom. The fraction of sp³-hybridized carbons (Fsp3) is 0.476. The third-order valence-electron chi connectivity index (χ3n) is 5.81. The van der Waals surface area contributed by atoms with Crippen molar-refractivity contribution >= 4 is 29.1 Å². The number of rotatable bonds is 5. The number of likely N-dealkylation sites (tertiary alicyclic amines) is 1. The molecule has 2 aromatic rings. The van der Waals surface area contributed by atoms with Gasteiger partial charge in [-0.1, -0.05) is 36.4 Å². The Balaban J connectivity index is 0.00000196.